The van der Waals surface area contributed by atoms with E-state index in [2.05, 4.69) is 36.4 Å². The van der Waals surface area contributed by atoms with Gasteiger partial charge in [0.1, 0.15) is 10.6 Å². The molecule has 0 saturated heterocycles. The van der Waals surface area contributed by atoms with Gasteiger partial charge in [0.2, 0.25) is 0 Å². The first-order valence-corrected chi connectivity index (χ1v) is 17.4. The zero-order valence-corrected chi connectivity index (χ0v) is 25.6. The van der Waals surface area contributed by atoms with E-state index in [1.807, 2.05) is 103 Å². The highest BCUT2D eigenvalue weighted by Crippen LogP contribution is 2.50. The van der Waals surface area contributed by atoms with Crippen molar-refractivity contribution < 1.29 is 12.6 Å². The zero-order chi connectivity index (χ0) is 30.2. The van der Waals surface area contributed by atoms with E-state index < -0.39 is 17.2 Å². The van der Waals surface area contributed by atoms with E-state index in [1.165, 1.54) is 12.1 Å². The summed E-state index contributed by atoms with van der Waals surface area (Å²) in [5.41, 5.74) is 2.48. The third-order valence-electron chi connectivity index (χ3n) is 7.14. The summed E-state index contributed by atoms with van der Waals surface area (Å²) in [6.45, 7) is 0. The Bertz CT molecular complexity index is 1930. The molecule has 0 unspecified atom stereocenters. The Balaban J connectivity index is 1.59. The summed E-state index contributed by atoms with van der Waals surface area (Å²) in [4.78, 5) is 0.0947. The van der Waals surface area contributed by atoms with Crippen LogP contribution in [0.1, 0.15) is 11.1 Å². The van der Waals surface area contributed by atoms with E-state index in [9.17, 15) is 8.42 Å². The monoisotopic (exact) mass is 611 g/mol. The summed E-state index contributed by atoms with van der Waals surface area (Å²) in [5.74, 6) is 0.212. The van der Waals surface area contributed by atoms with E-state index in [1.54, 1.807) is 30.3 Å². The van der Waals surface area contributed by atoms with Crippen molar-refractivity contribution in [1.82, 2.24) is 0 Å². The van der Waals surface area contributed by atoms with Crippen LogP contribution in [0.2, 0.25) is 0 Å². The highest BCUT2D eigenvalue weighted by atomic mass is 32.2. The number of hydrogen-bond acceptors (Lipinski definition) is 4. The van der Waals surface area contributed by atoms with Crippen LogP contribution >= 0.6 is 7.05 Å². The summed E-state index contributed by atoms with van der Waals surface area (Å²) in [6, 6.07) is 54.6. The van der Waals surface area contributed by atoms with Crippen LogP contribution in [0.3, 0.4) is 0 Å². The van der Waals surface area contributed by atoms with E-state index in [0.29, 0.717) is 0 Å². The standard InChI is InChI=1S/C38H30NO3PS/c40-44(41,37-24-14-5-15-25-37)42-33-28-29-38(32(30-33)27-26-31-16-6-1-7-17-31)39-43(34-18-8-2-9-19-34,35-20-10-3-11-21-35)36-22-12-4-13-23-36/h1-30H/b27-26+. The second-order valence-electron chi connectivity index (χ2n) is 10.1. The first-order valence-electron chi connectivity index (χ1n) is 14.2. The van der Waals surface area contributed by atoms with Crippen molar-refractivity contribution >= 4 is 50.9 Å². The van der Waals surface area contributed by atoms with Gasteiger partial charge in [0.25, 0.3) is 0 Å². The van der Waals surface area contributed by atoms with Crippen LogP contribution in [-0.2, 0) is 10.1 Å². The Morgan fingerprint density at radius 2 is 0.977 bits per heavy atom. The van der Waals surface area contributed by atoms with Crippen molar-refractivity contribution in [3.63, 3.8) is 0 Å². The van der Waals surface area contributed by atoms with E-state index >= 15 is 0 Å². The normalized spacial score (nSPS) is 11.7. The molecule has 6 aromatic rings. The molecule has 0 aliphatic heterocycles. The summed E-state index contributed by atoms with van der Waals surface area (Å²) < 4.78 is 37.5. The molecule has 0 radical (unpaired) electrons. The van der Waals surface area contributed by atoms with Crippen LogP contribution in [0.15, 0.2) is 179 Å². The molecule has 0 heterocycles. The maximum absolute atomic E-state index is 13.1. The van der Waals surface area contributed by atoms with Gasteiger partial charge in [-0.3, -0.25) is 4.74 Å². The van der Waals surface area contributed by atoms with Crippen LogP contribution in [0, 0.1) is 0 Å². The smallest absolute Gasteiger partial charge is 0.339 e. The Kier molecular flexibility index (Phi) is 8.69. The second-order valence-corrected chi connectivity index (χ2v) is 14.6. The molecular formula is C38H30NO3PS. The molecule has 44 heavy (non-hydrogen) atoms. The number of hydrogen-bond donors (Lipinski definition) is 0. The molecule has 0 N–H and O–H groups in total. The van der Waals surface area contributed by atoms with Crippen molar-refractivity contribution in [2.45, 2.75) is 4.90 Å². The molecule has 0 aromatic heterocycles. The van der Waals surface area contributed by atoms with E-state index in [4.69, 9.17) is 8.93 Å². The molecule has 0 spiro atoms. The molecule has 0 atom stereocenters. The third kappa shape index (κ3) is 6.35. The Labute approximate surface area is 259 Å². The maximum atomic E-state index is 13.1. The van der Waals surface area contributed by atoms with Crippen LogP contribution in [0.4, 0.5) is 5.69 Å². The lowest BCUT2D eigenvalue weighted by atomic mass is 10.1. The van der Waals surface area contributed by atoms with Gasteiger partial charge in [-0.2, -0.15) is 8.42 Å². The topological polar surface area (TPSA) is 55.7 Å². The summed E-state index contributed by atoms with van der Waals surface area (Å²) in [7, 11) is -6.59. The van der Waals surface area contributed by atoms with Crippen molar-refractivity contribution in [3.8, 4) is 5.75 Å². The largest absolute Gasteiger partial charge is 0.379 e. The molecule has 0 bridgehead atoms. The first kappa shape index (κ1) is 29.1. The summed E-state index contributed by atoms with van der Waals surface area (Å²) in [5, 5.41) is 3.34. The van der Waals surface area contributed by atoms with Crippen molar-refractivity contribution in [3.05, 3.63) is 181 Å². The van der Waals surface area contributed by atoms with Gasteiger partial charge in [0.05, 0.1) is 12.7 Å². The van der Waals surface area contributed by atoms with Crippen molar-refractivity contribution in [2.24, 2.45) is 4.74 Å². The Hall–Kier alpha value is -4.96. The predicted molar refractivity (Wildman–Crippen MR) is 183 cm³/mol. The fourth-order valence-corrected chi connectivity index (χ4v) is 9.54. The Morgan fingerprint density at radius 3 is 1.48 bits per heavy atom. The molecule has 216 valence electrons. The maximum Gasteiger partial charge on any atom is 0.339 e. The summed E-state index contributed by atoms with van der Waals surface area (Å²) in [6.07, 6.45) is 3.96. The molecule has 0 aliphatic rings. The first-order chi connectivity index (χ1) is 21.5. The van der Waals surface area contributed by atoms with E-state index in [-0.39, 0.29) is 10.6 Å². The lowest BCUT2D eigenvalue weighted by molar-refractivity contribution is 0.486. The average Bonchev–Trinajstić information content (AvgIpc) is 3.09. The van der Waals surface area contributed by atoms with Gasteiger partial charge in [-0.25, -0.2) is 0 Å². The van der Waals surface area contributed by atoms with Crippen molar-refractivity contribution in [2.75, 3.05) is 0 Å². The van der Waals surface area contributed by atoms with Gasteiger partial charge in [0, 0.05) is 21.5 Å². The fraction of sp³-hybridized carbons (Fsp3) is 0. The van der Waals surface area contributed by atoms with Gasteiger partial charge in [-0.1, -0.05) is 152 Å². The van der Waals surface area contributed by atoms with Crippen LogP contribution in [0.25, 0.3) is 12.2 Å². The lowest BCUT2D eigenvalue weighted by Gasteiger charge is -2.27. The molecule has 0 saturated carbocycles. The molecular weight excluding hydrogens is 581 g/mol. The SMILES string of the molecule is O=S(=O)(Oc1ccc(N=P(c2ccccc2)(c2ccccc2)c2ccccc2)c(/C=C/c2ccccc2)c1)c1ccccc1. The molecule has 0 fully saturated rings. The number of nitrogens with zero attached hydrogens (tertiary/aromatic N) is 1. The van der Waals surface area contributed by atoms with Gasteiger partial charge in [0.15, 0.2) is 0 Å². The fourth-order valence-electron chi connectivity index (χ4n) is 5.03. The molecule has 0 aliphatic carbocycles. The zero-order valence-electron chi connectivity index (χ0n) is 23.8. The minimum Gasteiger partial charge on any atom is -0.379 e. The quantitative estimate of drug-likeness (QED) is 0.0937. The second kappa shape index (κ2) is 13.1. The van der Waals surface area contributed by atoms with Gasteiger partial charge >= 0.3 is 10.1 Å². The minimum atomic E-state index is -4.02. The van der Waals surface area contributed by atoms with Gasteiger partial charge in [-0.05, 0) is 35.9 Å². The van der Waals surface area contributed by atoms with Crippen LogP contribution in [0.5, 0.6) is 5.75 Å². The number of rotatable bonds is 9. The molecule has 6 aromatic carbocycles. The third-order valence-corrected chi connectivity index (χ3v) is 12.1. The van der Waals surface area contributed by atoms with E-state index in [0.717, 1.165) is 32.7 Å². The van der Waals surface area contributed by atoms with Gasteiger partial charge in [-0.15, -0.1) is 0 Å². The average molecular weight is 612 g/mol. The molecule has 6 rings (SSSR count). The predicted octanol–water partition coefficient (Wildman–Crippen LogP) is 8.43. The Morgan fingerprint density at radius 1 is 0.523 bits per heavy atom. The van der Waals surface area contributed by atoms with Crippen molar-refractivity contribution in [1.29, 1.82) is 0 Å². The molecule has 0 amide bonds. The highest BCUT2D eigenvalue weighted by molar-refractivity contribution is 7.87. The van der Waals surface area contributed by atoms with Gasteiger partial charge < -0.3 is 4.18 Å². The lowest BCUT2D eigenvalue weighted by Crippen LogP contribution is -2.25. The molecule has 6 heteroatoms. The number of benzene rings is 6. The highest BCUT2D eigenvalue weighted by Gasteiger charge is 2.28. The van der Waals surface area contributed by atoms with Crippen LogP contribution in [-0.4, -0.2) is 8.42 Å². The summed E-state index contributed by atoms with van der Waals surface area (Å²) >= 11 is 0. The molecule has 4 nitrogen and oxygen atoms in total. The minimum absolute atomic E-state index is 0.0947. The van der Waals surface area contributed by atoms with Crippen LogP contribution < -0.4 is 20.1 Å².